The first-order valence-corrected chi connectivity index (χ1v) is 7.77. The Kier molecular flexibility index (Phi) is 4.52. The molecule has 1 N–H and O–H groups in total. The molecular weight excluding hydrogens is 290 g/mol. The molecule has 0 aliphatic carbocycles. The van der Waals surface area contributed by atoms with Gasteiger partial charge in [-0.1, -0.05) is 18.2 Å². The number of benzene rings is 1. The summed E-state index contributed by atoms with van der Waals surface area (Å²) in [5.74, 6) is 1.20. The van der Waals surface area contributed by atoms with Gasteiger partial charge in [-0.15, -0.1) is 0 Å². The van der Waals surface area contributed by atoms with Crippen LogP contribution in [0.3, 0.4) is 0 Å². The van der Waals surface area contributed by atoms with Crippen LogP contribution in [0.5, 0.6) is 0 Å². The summed E-state index contributed by atoms with van der Waals surface area (Å²) in [6, 6.07) is 11.5. The van der Waals surface area contributed by atoms with Gasteiger partial charge < -0.3 is 15.1 Å². The SMILES string of the molecule is Cc1nc(Nc2ccccc2)cc(C(=O)N2CCN(C)CC2)n1. The number of hydrogen-bond donors (Lipinski definition) is 1. The quantitative estimate of drug-likeness (QED) is 0.938. The topological polar surface area (TPSA) is 61.4 Å². The van der Waals surface area contributed by atoms with Crippen LogP contribution in [0.1, 0.15) is 16.3 Å². The number of aromatic nitrogens is 2. The molecule has 1 saturated heterocycles. The van der Waals surface area contributed by atoms with Gasteiger partial charge in [0, 0.05) is 37.9 Å². The summed E-state index contributed by atoms with van der Waals surface area (Å²) in [6.07, 6.45) is 0. The van der Waals surface area contributed by atoms with Crippen molar-refractivity contribution in [1.29, 1.82) is 0 Å². The number of para-hydroxylation sites is 1. The van der Waals surface area contributed by atoms with Crippen molar-refractivity contribution in [1.82, 2.24) is 19.8 Å². The second-order valence-electron chi connectivity index (χ2n) is 5.77. The molecule has 6 heteroatoms. The van der Waals surface area contributed by atoms with Crippen LogP contribution < -0.4 is 5.32 Å². The van der Waals surface area contributed by atoms with E-state index in [1.807, 2.05) is 35.2 Å². The van der Waals surface area contributed by atoms with E-state index < -0.39 is 0 Å². The van der Waals surface area contributed by atoms with Crippen molar-refractivity contribution < 1.29 is 4.79 Å². The van der Waals surface area contributed by atoms with E-state index in [4.69, 9.17) is 0 Å². The van der Waals surface area contributed by atoms with Crippen molar-refractivity contribution in [2.45, 2.75) is 6.92 Å². The standard InChI is InChI=1S/C17H21N5O/c1-13-18-15(17(23)22-10-8-21(2)9-11-22)12-16(19-13)20-14-6-4-3-5-7-14/h3-7,12H,8-11H2,1-2H3,(H,18,19,20). The van der Waals surface area contributed by atoms with E-state index in [0.717, 1.165) is 31.9 Å². The number of hydrogen-bond acceptors (Lipinski definition) is 5. The van der Waals surface area contributed by atoms with E-state index in [1.165, 1.54) is 0 Å². The molecule has 2 aromatic rings. The average molecular weight is 311 g/mol. The Morgan fingerprint density at radius 2 is 1.78 bits per heavy atom. The number of aryl methyl sites for hydroxylation is 1. The number of nitrogens with one attached hydrogen (secondary N) is 1. The van der Waals surface area contributed by atoms with Crippen molar-refractivity contribution in [2.24, 2.45) is 0 Å². The predicted octanol–water partition coefficient (Wildman–Crippen LogP) is 1.92. The fourth-order valence-corrected chi connectivity index (χ4v) is 2.58. The normalized spacial score (nSPS) is 15.5. The molecule has 1 fully saturated rings. The highest BCUT2D eigenvalue weighted by molar-refractivity contribution is 5.93. The molecule has 1 aromatic heterocycles. The summed E-state index contributed by atoms with van der Waals surface area (Å²) < 4.78 is 0. The highest BCUT2D eigenvalue weighted by atomic mass is 16.2. The fourth-order valence-electron chi connectivity index (χ4n) is 2.58. The monoisotopic (exact) mass is 311 g/mol. The molecule has 120 valence electrons. The van der Waals surface area contributed by atoms with Crippen molar-refractivity contribution >= 4 is 17.4 Å². The lowest BCUT2D eigenvalue weighted by Gasteiger charge is -2.32. The van der Waals surface area contributed by atoms with Crippen molar-refractivity contribution in [3.8, 4) is 0 Å². The molecule has 0 atom stereocenters. The Morgan fingerprint density at radius 3 is 2.48 bits per heavy atom. The highest BCUT2D eigenvalue weighted by Crippen LogP contribution is 2.16. The second-order valence-corrected chi connectivity index (χ2v) is 5.77. The molecule has 1 amide bonds. The summed E-state index contributed by atoms with van der Waals surface area (Å²) in [5, 5.41) is 3.22. The minimum Gasteiger partial charge on any atom is -0.340 e. The molecule has 0 unspecified atom stereocenters. The average Bonchev–Trinajstić information content (AvgIpc) is 2.55. The number of carbonyl (C=O) groups excluding carboxylic acids is 1. The van der Waals surface area contributed by atoms with Crippen LogP contribution in [0, 0.1) is 6.92 Å². The van der Waals surface area contributed by atoms with Crippen LogP contribution in [0.15, 0.2) is 36.4 Å². The molecule has 0 saturated carbocycles. The van der Waals surface area contributed by atoms with Crippen molar-refractivity contribution in [3.05, 3.63) is 47.9 Å². The zero-order valence-electron chi connectivity index (χ0n) is 13.5. The lowest BCUT2D eigenvalue weighted by molar-refractivity contribution is 0.0658. The molecule has 1 aromatic carbocycles. The summed E-state index contributed by atoms with van der Waals surface area (Å²) in [6.45, 7) is 5.06. The minimum atomic E-state index is -0.0280. The van der Waals surface area contributed by atoms with Gasteiger partial charge in [0.25, 0.3) is 5.91 Å². The first-order valence-electron chi connectivity index (χ1n) is 7.77. The maximum atomic E-state index is 12.7. The summed E-state index contributed by atoms with van der Waals surface area (Å²) in [5.41, 5.74) is 1.38. The Morgan fingerprint density at radius 1 is 1.09 bits per heavy atom. The van der Waals surface area contributed by atoms with Gasteiger partial charge in [-0.3, -0.25) is 4.79 Å². The molecule has 23 heavy (non-hydrogen) atoms. The van der Waals surface area contributed by atoms with Gasteiger partial charge in [0.1, 0.15) is 17.3 Å². The summed E-state index contributed by atoms with van der Waals surface area (Å²) >= 11 is 0. The van der Waals surface area contributed by atoms with Gasteiger partial charge in [-0.05, 0) is 26.1 Å². The van der Waals surface area contributed by atoms with Crippen LogP contribution in [-0.2, 0) is 0 Å². The molecule has 0 spiro atoms. The molecule has 3 rings (SSSR count). The van der Waals surface area contributed by atoms with Gasteiger partial charge in [-0.2, -0.15) is 0 Å². The second kappa shape index (κ2) is 6.75. The number of rotatable bonds is 3. The van der Waals surface area contributed by atoms with Gasteiger partial charge in [-0.25, -0.2) is 9.97 Å². The predicted molar refractivity (Wildman–Crippen MR) is 89.9 cm³/mol. The highest BCUT2D eigenvalue weighted by Gasteiger charge is 2.22. The third-order valence-electron chi connectivity index (χ3n) is 3.89. The number of piperazine rings is 1. The molecule has 2 heterocycles. The number of anilines is 2. The zero-order chi connectivity index (χ0) is 16.2. The fraction of sp³-hybridized carbons (Fsp3) is 0.353. The van der Waals surface area contributed by atoms with E-state index in [0.29, 0.717) is 17.3 Å². The third kappa shape index (κ3) is 3.84. The maximum Gasteiger partial charge on any atom is 0.272 e. The van der Waals surface area contributed by atoms with Crippen LogP contribution in [0.4, 0.5) is 11.5 Å². The first-order chi connectivity index (χ1) is 11.1. The summed E-state index contributed by atoms with van der Waals surface area (Å²) in [7, 11) is 2.07. The lowest BCUT2D eigenvalue weighted by Crippen LogP contribution is -2.47. The number of amides is 1. The van der Waals surface area contributed by atoms with Gasteiger partial charge in [0.2, 0.25) is 0 Å². The van der Waals surface area contributed by atoms with E-state index in [1.54, 1.807) is 13.0 Å². The molecule has 0 bridgehead atoms. The smallest absolute Gasteiger partial charge is 0.272 e. The maximum absolute atomic E-state index is 12.7. The Hall–Kier alpha value is -2.47. The molecule has 1 aliphatic heterocycles. The molecule has 6 nitrogen and oxygen atoms in total. The molecular formula is C17H21N5O. The Labute approximate surface area is 136 Å². The van der Waals surface area contributed by atoms with Gasteiger partial charge >= 0.3 is 0 Å². The largest absolute Gasteiger partial charge is 0.340 e. The van der Waals surface area contributed by atoms with E-state index in [9.17, 15) is 4.79 Å². The first kappa shape index (κ1) is 15.4. The van der Waals surface area contributed by atoms with Crippen molar-refractivity contribution in [3.63, 3.8) is 0 Å². The van der Waals surface area contributed by atoms with Crippen LogP contribution >= 0.6 is 0 Å². The van der Waals surface area contributed by atoms with Gasteiger partial charge in [0.15, 0.2) is 0 Å². The lowest BCUT2D eigenvalue weighted by atomic mass is 10.2. The molecule has 0 radical (unpaired) electrons. The van der Waals surface area contributed by atoms with Gasteiger partial charge in [0.05, 0.1) is 0 Å². The van der Waals surface area contributed by atoms with Crippen molar-refractivity contribution in [2.75, 3.05) is 38.5 Å². The Balaban J connectivity index is 1.78. The van der Waals surface area contributed by atoms with E-state index >= 15 is 0 Å². The third-order valence-corrected chi connectivity index (χ3v) is 3.89. The summed E-state index contributed by atoms with van der Waals surface area (Å²) in [4.78, 5) is 25.4. The zero-order valence-corrected chi connectivity index (χ0v) is 13.5. The number of carbonyl (C=O) groups is 1. The van der Waals surface area contributed by atoms with E-state index in [-0.39, 0.29) is 5.91 Å². The number of nitrogens with zero attached hydrogens (tertiary/aromatic N) is 4. The van der Waals surface area contributed by atoms with E-state index in [2.05, 4.69) is 27.2 Å². The molecule has 1 aliphatic rings. The minimum absolute atomic E-state index is 0.0280. The van der Waals surface area contributed by atoms with Crippen LogP contribution in [-0.4, -0.2) is 58.9 Å². The van der Waals surface area contributed by atoms with Crippen LogP contribution in [0.2, 0.25) is 0 Å². The number of likely N-dealkylation sites (N-methyl/N-ethyl adjacent to an activating group) is 1. The Bertz CT molecular complexity index is 681. The van der Waals surface area contributed by atoms with Crippen LogP contribution in [0.25, 0.3) is 0 Å².